The van der Waals surface area contributed by atoms with Gasteiger partial charge >= 0.3 is 0 Å². The van der Waals surface area contributed by atoms with E-state index in [1.54, 1.807) is 0 Å². The molecule has 0 atom stereocenters. The lowest BCUT2D eigenvalue weighted by molar-refractivity contribution is 0.146. The van der Waals surface area contributed by atoms with Crippen molar-refractivity contribution in [1.82, 2.24) is 4.98 Å². The maximum atomic E-state index is 12.6. The van der Waals surface area contributed by atoms with E-state index in [9.17, 15) is 17.2 Å². The molecule has 15 heavy (non-hydrogen) atoms. The van der Waals surface area contributed by atoms with E-state index in [0.717, 1.165) is 6.20 Å². The van der Waals surface area contributed by atoms with Crippen molar-refractivity contribution in [3.8, 4) is 0 Å². The molecule has 4 nitrogen and oxygen atoms in total. The van der Waals surface area contributed by atoms with Crippen LogP contribution in [0.15, 0.2) is 11.2 Å². The molecular weight excluding hydrogens is 250 g/mol. The van der Waals surface area contributed by atoms with Gasteiger partial charge in [0.15, 0.2) is 5.03 Å². The maximum absolute atomic E-state index is 12.6. The largest absolute Gasteiger partial charge is 0.266 e. The van der Waals surface area contributed by atoms with Crippen LogP contribution < -0.4 is 5.14 Å². The van der Waals surface area contributed by atoms with Gasteiger partial charge < -0.3 is 0 Å². The zero-order valence-electron chi connectivity index (χ0n) is 7.54. The highest BCUT2D eigenvalue weighted by Crippen LogP contribution is 2.31. The molecule has 0 saturated heterocycles. The smallest absolute Gasteiger partial charge is 0.241 e. The molecule has 0 aliphatic rings. The van der Waals surface area contributed by atoms with Crippen LogP contribution in [0.25, 0.3) is 0 Å². The summed E-state index contributed by atoms with van der Waals surface area (Å²) in [6.07, 6.45) is -2.02. The number of primary sulfonamides is 1. The summed E-state index contributed by atoms with van der Waals surface area (Å²) in [5, 5.41) is 3.88. The van der Waals surface area contributed by atoms with Crippen molar-refractivity contribution in [1.29, 1.82) is 0 Å². The van der Waals surface area contributed by atoms with Crippen LogP contribution in [0, 0.1) is 6.92 Å². The lowest BCUT2D eigenvalue weighted by Crippen LogP contribution is -2.17. The number of hydrogen-bond donors (Lipinski definition) is 1. The fourth-order valence-electron chi connectivity index (χ4n) is 1.05. The van der Waals surface area contributed by atoms with Crippen molar-refractivity contribution in [3.63, 3.8) is 0 Å². The summed E-state index contributed by atoms with van der Waals surface area (Å²) in [5.41, 5.74) is -0.782. The van der Waals surface area contributed by atoms with E-state index in [-0.39, 0.29) is 10.6 Å². The first kappa shape index (κ1) is 12.3. The summed E-state index contributed by atoms with van der Waals surface area (Å²) in [6.45, 7) is 1.28. The normalized spacial score (nSPS) is 12.1. The van der Waals surface area contributed by atoms with Gasteiger partial charge in [-0.05, 0) is 12.5 Å². The Morgan fingerprint density at radius 3 is 2.47 bits per heavy atom. The summed E-state index contributed by atoms with van der Waals surface area (Å²) < 4.78 is 47.1. The molecule has 0 bridgehead atoms. The topological polar surface area (TPSA) is 73.0 Å². The Labute approximate surface area is 90.1 Å². The molecule has 84 valence electrons. The van der Waals surface area contributed by atoms with Gasteiger partial charge in [0.25, 0.3) is 16.4 Å². The fourth-order valence-corrected chi connectivity index (χ4v) is 1.95. The minimum Gasteiger partial charge on any atom is -0.241 e. The third-order valence-corrected chi connectivity index (χ3v) is 3.02. The number of alkyl halides is 2. The van der Waals surface area contributed by atoms with Crippen molar-refractivity contribution in [2.75, 3.05) is 0 Å². The Morgan fingerprint density at radius 2 is 2.07 bits per heavy atom. The summed E-state index contributed by atoms with van der Waals surface area (Å²) in [6, 6.07) is 0. The van der Waals surface area contributed by atoms with Crippen LogP contribution in [0.5, 0.6) is 0 Å². The van der Waals surface area contributed by atoms with E-state index in [4.69, 9.17) is 16.7 Å². The number of sulfonamides is 1. The van der Waals surface area contributed by atoms with E-state index in [1.165, 1.54) is 6.92 Å². The lowest BCUT2D eigenvalue weighted by Gasteiger charge is -2.10. The van der Waals surface area contributed by atoms with Gasteiger partial charge in [0, 0.05) is 6.20 Å². The lowest BCUT2D eigenvalue weighted by atomic mass is 10.2. The van der Waals surface area contributed by atoms with Gasteiger partial charge in [-0.2, -0.15) is 0 Å². The van der Waals surface area contributed by atoms with Crippen LogP contribution in [0.2, 0.25) is 5.02 Å². The van der Waals surface area contributed by atoms with Crippen molar-refractivity contribution in [2.45, 2.75) is 18.4 Å². The zero-order valence-corrected chi connectivity index (χ0v) is 9.11. The predicted octanol–water partition coefficient (Wildman–Crippen LogP) is 1.63. The SMILES string of the molecule is Cc1c(Cl)cnc(S(N)(=O)=O)c1C(F)F. The molecule has 0 aliphatic heterocycles. The molecule has 2 N–H and O–H groups in total. The van der Waals surface area contributed by atoms with Crippen LogP contribution in [-0.4, -0.2) is 13.4 Å². The van der Waals surface area contributed by atoms with Crippen molar-refractivity contribution < 1.29 is 17.2 Å². The number of nitrogens with zero attached hydrogens (tertiary/aromatic N) is 1. The zero-order chi connectivity index (χ0) is 11.8. The fraction of sp³-hybridized carbons (Fsp3) is 0.286. The molecule has 1 heterocycles. The molecule has 0 saturated carbocycles. The number of halogens is 3. The van der Waals surface area contributed by atoms with Crippen LogP contribution in [0.1, 0.15) is 17.6 Å². The minimum absolute atomic E-state index is 0.0299. The number of pyridine rings is 1. The Morgan fingerprint density at radius 1 is 1.53 bits per heavy atom. The highest BCUT2D eigenvalue weighted by Gasteiger charge is 2.25. The molecule has 0 aromatic carbocycles. The van der Waals surface area contributed by atoms with Gasteiger partial charge in [-0.1, -0.05) is 11.6 Å². The van der Waals surface area contributed by atoms with Crippen LogP contribution >= 0.6 is 11.6 Å². The Balaban J connectivity index is 3.62. The van der Waals surface area contributed by atoms with E-state index in [2.05, 4.69) is 4.98 Å². The first-order valence-electron chi connectivity index (χ1n) is 3.71. The minimum atomic E-state index is -4.27. The third kappa shape index (κ3) is 2.42. The van der Waals surface area contributed by atoms with Gasteiger partial charge in [-0.3, -0.25) is 0 Å². The monoisotopic (exact) mass is 256 g/mol. The van der Waals surface area contributed by atoms with Crippen molar-refractivity contribution in [3.05, 3.63) is 22.3 Å². The second kappa shape index (κ2) is 3.99. The van der Waals surface area contributed by atoms with Crippen molar-refractivity contribution in [2.24, 2.45) is 5.14 Å². The van der Waals surface area contributed by atoms with E-state index in [1.807, 2.05) is 0 Å². The average Bonchev–Trinajstić information content (AvgIpc) is 2.06. The van der Waals surface area contributed by atoms with Crippen LogP contribution in [0.3, 0.4) is 0 Å². The van der Waals surface area contributed by atoms with E-state index >= 15 is 0 Å². The maximum Gasteiger partial charge on any atom is 0.266 e. The van der Waals surface area contributed by atoms with Crippen LogP contribution in [0.4, 0.5) is 8.78 Å². The Kier molecular flexibility index (Phi) is 3.27. The van der Waals surface area contributed by atoms with Gasteiger partial charge in [0.05, 0.1) is 10.6 Å². The molecule has 1 rings (SSSR count). The summed E-state index contributed by atoms with van der Waals surface area (Å²) in [7, 11) is -4.27. The first-order valence-corrected chi connectivity index (χ1v) is 5.63. The molecule has 8 heteroatoms. The molecule has 0 spiro atoms. The number of hydrogen-bond acceptors (Lipinski definition) is 3. The molecule has 0 unspecified atom stereocenters. The molecule has 0 amide bonds. The first-order chi connectivity index (χ1) is 6.75. The number of rotatable bonds is 2. The number of aromatic nitrogens is 1. The molecule has 1 aromatic heterocycles. The van der Waals surface area contributed by atoms with Gasteiger partial charge in [0.1, 0.15) is 0 Å². The highest BCUT2D eigenvalue weighted by molar-refractivity contribution is 7.89. The second-order valence-electron chi connectivity index (χ2n) is 2.80. The van der Waals surface area contributed by atoms with Gasteiger partial charge in [-0.25, -0.2) is 27.3 Å². The molecule has 0 radical (unpaired) electrons. The number of nitrogens with two attached hydrogens (primary N) is 1. The van der Waals surface area contributed by atoms with Crippen molar-refractivity contribution >= 4 is 21.6 Å². The summed E-state index contributed by atoms with van der Waals surface area (Å²) >= 11 is 5.55. The second-order valence-corrected chi connectivity index (χ2v) is 4.68. The standard InChI is InChI=1S/C7H7ClF2N2O2S/c1-3-4(8)2-12-7(15(11,13)14)5(3)6(9)10/h2,6H,1H3,(H2,11,13,14). The third-order valence-electron chi connectivity index (χ3n) is 1.78. The van der Waals surface area contributed by atoms with Gasteiger partial charge in [-0.15, -0.1) is 0 Å². The van der Waals surface area contributed by atoms with E-state index in [0.29, 0.717) is 0 Å². The van der Waals surface area contributed by atoms with Crippen LogP contribution in [-0.2, 0) is 10.0 Å². The quantitative estimate of drug-likeness (QED) is 0.874. The van der Waals surface area contributed by atoms with Gasteiger partial charge in [0.2, 0.25) is 0 Å². The highest BCUT2D eigenvalue weighted by atomic mass is 35.5. The molecule has 0 aliphatic carbocycles. The van der Waals surface area contributed by atoms with E-state index < -0.39 is 27.0 Å². The molecule has 0 fully saturated rings. The Hall–Kier alpha value is -0.790. The predicted molar refractivity (Wildman–Crippen MR) is 50.3 cm³/mol. The molecular formula is C7H7ClF2N2O2S. The average molecular weight is 257 g/mol. The summed E-state index contributed by atoms with van der Waals surface area (Å²) in [4.78, 5) is 3.31. The molecule has 1 aromatic rings. The summed E-state index contributed by atoms with van der Waals surface area (Å²) in [5.74, 6) is 0. The Bertz CT molecular complexity index is 490.